The molecule has 19 heavy (non-hydrogen) atoms. The predicted octanol–water partition coefficient (Wildman–Crippen LogP) is 1.45. The van der Waals surface area contributed by atoms with E-state index in [4.69, 9.17) is 0 Å². The topological polar surface area (TPSA) is 57.7 Å². The zero-order valence-corrected chi connectivity index (χ0v) is 13.1. The molecule has 0 atom stereocenters. The summed E-state index contributed by atoms with van der Waals surface area (Å²) < 4.78 is 24.6. The molecule has 0 unspecified atom stereocenters. The van der Waals surface area contributed by atoms with Crippen LogP contribution in [0.2, 0.25) is 0 Å². The molecule has 1 fully saturated rings. The lowest BCUT2D eigenvalue weighted by molar-refractivity contribution is -0.131. The Bertz CT molecular complexity index is 385. The van der Waals surface area contributed by atoms with Gasteiger partial charge in [-0.1, -0.05) is 12.8 Å². The molecule has 1 aliphatic heterocycles. The van der Waals surface area contributed by atoms with Crippen LogP contribution >= 0.6 is 0 Å². The monoisotopic (exact) mass is 290 g/mol. The molecule has 1 rings (SSSR count). The van der Waals surface area contributed by atoms with Crippen LogP contribution in [0.4, 0.5) is 0 Å². The summed E-state index contributed by atoms with van der Waals surface area (Å²) in [5.41, 5.74) is 0. The molecule has 0 saturated carbocycles. The molecular weight excluding hydrogens is 264 g/mol. The highest BCUT2D eigenvalue weighted by Gasteiger charge is 2.22. The van der Waals surface area contributed by atoms with E-state index in [-0.39, 0.29) is 24.9 Å². The van der Waals surface area contributed by atoms with E-state index in [0.29, 0.717) is 0 Å². The van der Waals surface area contributed by atoms with E-state index in [1.807, 2.05) is 18.7 Å². The third-order valence-electron chi connectivity index (χ3n) is 3.51. The fraction of sp³-hybridized carbons (Fsp3) is 0.923. The molecule has 6 heteroatoms. The van der Waals surface area contributed by atoms with Gasteiger partial charge in [0.1, 0.15) is 0 Å². The largest absolute Gasteiger partial charge is 0.343 e. The van der Waals surface area contributed by atoms with Gasteiger partial charge in [0.05, 0.1) is 6.26 Å². The first-order valence-corrected chi connectivity index (χ1v) is 8.92. The quantitative estimate of drug-likeness (QED) is 0.770. The smallest absolute Gasteiger partial charge is 0.223 e. The first-order valence-electron chi connectivity index (χ1n) is 7.07. The molecule has 0 radical (unpaired) electrons. The molecular formula is C13H26N2O3S. The number of hydrogen-bond donors (Lipinski definition) is 0. The third-order valence-corrected chi connectivity index (χ3v) is 4.96. The van der Waals surface area contributed by atoms with Gasteiger partial charge in [0.2, 0.25) is 15.9 Å². The molecule has 1 heterocycles. The van der Waals surface area contributed by atoms with Gasteiger partial charge in [-0.3, -0.25) is 4.79 Å². The lowest BCUT2D eigenvalue weighted by atomic mass is 10.2. The molecule has 0 aromatic carbocycles. The van der Waals surface area contributed by atoms with Crippen molar-refractivity contribution in [3.05, 3.63) is 0 Å². The van der Waals surface area contributed by atoms with E-state index < -0.39 is 10.0 Å². The molecule has 1 aliphatic rings. The van der Waals surface area contributed by atoms with Crippen LogP contribution in [0.1, 0.15) is 46.0 Å². The molecule has 0 aromatic heterocycles. The summed E-state index contributed by atoms with van der Waals surface area (Å²) in [6, 6.07) is -0.105. The van der Waals surface area contributed by atoms with Gasteiger partial charge in [0.15, 0.2) is 0 Å². The molecule has 0 spiro atoms. The highest BCUT2D eigenvalue weighted by atomic mass is 32.2. The number of amides is 1. The zero-order valence-electron chi connectivity index (χ0n) is 12.3. The second-order valence-electron chi connectivity index (χ2n) is 5.51. The van der Waals surface area contributed by atoms with Gasteiger partial charge in [0, 0.05) is 32.1 Å². The van der Waals surface area contributed by atoms with Crippen LogP contribution in [0.5, 0.6) is 0 Å². The first-order chi connectivity index (χ1) is 8.82. The maximum atomic E-state index is 12.1. The van der Waals surface area contributed by atoms with E-state index in [9.17, 15) is 13.2 Å². The zero-order chi connectivity index (χ0) is 14.5. The third kappa shape index (κ3) is 5.48. The van der Waals surface area contributed by atoms with Crippen LogP contribution in [0.3, 0.4) is 0 Å². The van der Waals surface area contributed by atoms with Gasteiger partial charge in [-0.25, -0.2) is 8.42 Å². The minimum Gasteiger partial charge on any atom is -0.343 e. The molecule has 1 saturated heterocycles. The molecule has 112 valence electrons. The SMILES string of the molecule is CC(C)N(CCC(=O)N1CCCCCC1)S(C)(=O)=O. The Morgan fingerprint density at radius 1 is 1.16 bits per heavy atom. The summed E-state index contributed by atoms with van der Waals surface area (Å²) in [7, 11) is -3.24. The van der Waals surface area contributed by atoms with Crippen LogP contribution in [0.25, 0.3) is 0 Å². The Morgan fingerprint density at radius 3 is 2.11 bits per heavy atom. The maximum absolute atomic E-state index is 12.1. The average Bonchev–Trinajstić information content (AvgIpc) is 2.54. The summed E-state index contributed by atoms with van der Waals surface area (Å²) in [6.07, 6.45) is 5.97. The summed E-state index contributed by atoms with van der Waals surface area (Å²) in [6.45, 7) is 5.58. The van der Waals surface area contributed by atoms with Crippen molar-refractivity contribution in [2.75, 3.05) is 25.9 Å². The van der Waals surface area contributed by atoms with Crippen molar-refractivity contribution in [1.29, 1.82) is 0 Å². The van der Waals surface area contributed by atoms with Crippen LogP contribution in [0.15, 0.2) is 0 Å². The Labute approximate surface area is 117 Å². The van der Waals surface area contributed by atoms with Gasteiger partial charge in [-0.05, 0) is 26.7 Å². The van der Waals surface area contributed by atoms with Crippen molar-refractivity contribution in [1.82, 2.24) is 9.21 Å². The fourth-order valence-corrected chi connectivity index (χ4v) is 3.68. The number of sulfonamides is 1. The summed E-state index contributed by atoms with van der Waals surface area (Å²) in [4.78, 5) is 14.0. The van der Waals surface area contributed by atoms with Gasteiger partial charge in [0.25, 0.3) is 0 Å². The normalized spacial score (nSPS) is 17.8. The number of hydrogen-bond acceptors (Lipinski definition) is 3. The second kappa shape index (κ2) is 7.24. The van der Waals surface area contributed by atoms with E-state index in [2.05, 4.69) is 0 Å². The Balaban J connectivity index is 2.52. The summed E-state index contributed by atoms with van der Waals surface area (Å²) in [5.74, 6) is 0.0798. The molecule has 1 amide bonds. The van der Waals surface area contributed by atoms with Gasteiger partial charge >= 0.3 is 0 Å². The van der Waals surface area contributed by atoms with Crippen molar-refractivity contribution in [2.24, 2.45) is 0 Å². The van der Waals surface area contributed by atoms with Gasteiger partial charge in [-0.2, -0.15) is 4.31 Å². The van der Waals surface area contributed by atoms with Crippen molar-refractivity contribution >= 4 is 15.9 Å². The number of carbonyl (C=O) groups is 1. The number of carbonyl (C=O) groups excluding carboxylic acids is 1. The molecule has 0 aliphatic carbocycles. The average molecular weight is 290 g/mol. The maximum Gasteiger partial charge on any atom is 0.223 e. The second-order valence-corrected chi connectivity index (χ2v) is 7.45. The van der Waals surface area contributed by atoms with E-state index in [1.54, 1.807) is 0 Å². The first kappa shape index (κ1) is 16.4. The molecule has 0 aromatic rings. The van der Waals surface area contributed by atoms with Crippen molar-refractivity contribution < 1.29 is 13.2 Å². The fourth-order valence-electron chi connectivity index (χ4n) is 2.49. The lowest BCUT2D eigenvalue weighted by Gasteiger charge is -2.26. The van der Waals surface area contributed by atoms with Crippen molar-refractivity contribution in [2.45, 2.75) is 52.0 Å². The standard InChI is InChI=1S/C13H26N2O3S/c1-12(2)15(19(3,17)18)11-8-13(16)14-9-6-4-5-7-10-14/h12H,4-11H2,1-3H3. The van der Waals surface area contributed by atoms with E-state index in [0.717, 1.165) is 25.9 Å². The minimum absolute atomic E-state index is 0.0798. The lowest BCUT2D eigenvalue weighted by Crippen LogP contribution is -2.40. The predicted molar refractivity (Wildman–Crippen MR) is 76.4 cm³/mol. The van der Waals surface area contributed by atoms with E-state index >= 15 is 0 Å². The number of rotatable bonds is 5. The highest BCUT2D eigenvalue weighted by molar-refractivity contribution is 7.88. The number of likely N-dealkylation sites (tertiary alicyclic amines) is 1. The van der Waals surface area contributed by atoms with Crippen LogP contribution in [-0.2, 0) is 14.8 Å². The highest BCUT2D eigenvalue weighted by Crippen LogP contribution is 2.12. The molecule has 5 nitrogen and oxygen atoms in total. The minimum atomic E-state index is -3.24. The van der Waals surface area contributed by atoms with Crippen molar-refractivity contribution in [3.63, 3.8) is 0 Å². The van der Waals surface area contributed by atoms with E-state index in [1.165, 1.54) is 23.4 Å². The molecule has 0 bridgehead atoms. The van der Waals surface area contributed by atoms with Gasteiger partial charge < -0.3 is 4.90 Å². The van der Waals surface area contributed by atoms with Crippen LogP contribution < -0.4 is 0 Å². The van der Waals surface area contributed by atoms with Crippen LogP contribution in [-0.4, -0.2) is 55.5 Å². The summed E-state index contributed by atoms with van der Waals surface area (Å²) >= 11 is 0. The van der Waals surface area contributed by atoms with Crippen molar-refractivity contribution in [3.8, 4) is 0 Å². The Hall–Kier alpha value is -0.620. The number of nitrogens with zero attached hydrogens (tertiary/aromatic N) is 2. The Morgan fingerprint density at radius 2 is 1.68 bits per heavy atom. The van der Waals surface area contributed by atoms with Crippen LogP contribution in [0, 0.1) is 0 Å². The molecule has 0 N–H and O–H groups in total. The van der Waals surface area contributed by atoms with Gasteiger partial charge in [-0.15, -0.1) is 0 Å². The Kier molecular flexibility index (Phi) is 6.26. The summed E-state index contributed by atoms with van der Waals surface area (Å²) in [5, 5.41) is 0.